The number of fused-ring (bicyclic) bond motifs is 1. The first-order chi connectivity index (χ1) is 16.6. The maximum atomic E-state index is 12.7. The molecular weight excluding hydrogens is 432 g/mol. The highest BCUT2D eigenvalue weighted by atomic mass is 16.6. The van der Waals surface area contributed by atoms with Gasteiger partial charge < -0.3 is 18.6 Å². The molecule has 34 heavy (non-hydrogen) atoms. The van der Waals surface area contributed by atoms with Crippen molar-refractivity contribution in [2.75, 3.05) is 14.2 Å². The zero-order chi connectivity index (χ0) is 23.7. The summed E-state index contributed by atoms with van der Waals surface area (Å²) in [5.41, 5.74) is 0.328. The van der Waals surface area contributed by atoms with Crippen LogP contribution in [0.4, 0.5) is 0 Å². The minimum Gasteiger partial charge on any atom is -0.500 e. The molecule has 0 N–H and O–H groups in total. The molecule has 4 atom stereocenters. The van der Waals surface area contributed by atoms with E-state index in [9.17, 15) is 9.59 Å². The number of hydrogen-bond acceptors (Lipinski definition) is 6. The van der Waals surface area contributed by atoms with Crippen molar-refractivity contribution in [2.45, 2.75) is 17.4 Å². The summed E-state index contributed by atoms with van der Waals surface area (Å²) in [5.74, 6) is -0.164. The normalized spacial score (nSPS) is 25.6. The summed E-state index contributed by atoms with van der Waals surface area (Å²) in [6.45, 7) is 0. The lowest BCUT2D eigenvalue weighted by molar-refractivity contribution is -0.182. The number of methoxy groups -OCH3 is 2. The summed E-state index contributed by atoms with van der Waals surface area (Å²) in [6, 6.07) is 22.6. The standard InChI is InChI=1S/C28H24O6/c1-31-20-15-22(33-23(29)16-20)27-25(19-11-7-4-8-12-19)26-21(32-2)17-24(30)34-28(26,27)14-13-18-9-5-3-6-10-18/h3-17,25-27H,1-2H3/b14-13+/t25-,26+,27+,28+/m0/s1. The molecule has 3 aromatic rings. The second kappa shape index (κ2) is 8.71. The van der Waals surface area contributed by atoms with Gasteiger partial charge in [-0.05, 0) is 17.2 Å². The molecule has 0 spiro atoms. The first-order valence-electron chi connectivity index (χ1n) is 11.0. The predicted molar refractivity (Wildman–Crippen MR) is 126 cm³/mol. The van der Waals surface area contributed by atoms with Crippen LogP contribution in [0, 0.1) is 5.92 Å². The van der Waals surface area contributed by atoms with Crippen LogP contribution in [-0.4, -0.2) is 25.8 Å². The van der Waals surface area contributed by atoms with Gasteiger partial charge in [-0.25, -0.2) is 9.59 Å². The van der Waals surface area contributed by atoms with E-state index in [1.165, 1.54) is 19.3 Å². The summed E-state index contributed by atoms with van der Waals surface area (Å²) in [6.07, 6.45) is 5.21. The molecule has 2 heterocycles. The first kappa shape index (κ1) is 21.8. The SMILES string of the molecule is COC1=CC(=O)O[C@]2(/C=C/c3ccccc3)[C@H]1[C@H](c1ccccc1)[C@H]2c1cc(OC)cc(=O)o1. The van der Waals surface area contributed by atoms with Gasteiger partial charge in [-0.15, -0.1) is 0 Å². The average molecular weight is 456 g/mol. The van der Waals surface area contributed by atoms with Crippen molar-refractivity contribution < 1.29 is 23.4 Å². The highest BCUT2D eigenvalue weighted by Crippen LogP contribution is 2.66. The quantitative estimate of drug-likeness (QED) is 0.501. The largest absolute Gasteiger partial charge is 0.500 e. The van der Waals surface area contributed by atoms with Crippen molar-refractivity contribution in [1.82, 2.24) is 0 Å². The van der Waals surface area contributed by atoms with E-state index in [1.54, 1.807) is 13.2 Å². The second-order valence-electron chi connectivity index (χ2n) is 8.38. The Morgan fingerprint density at radius 3 is 2.26 bits per heavy atom. The maximum Gasteiger partial charge on any atom is 0.339 e. The average Bonchev–Trinajstić information content (AvgIpc) is 2.85. The molecule has 0 radical (unpaired) electrons. The van der Waals surface area contributed by atoms with Crippen molar-refractivity contribution >= 4 is 12.0 Å². The Morgan fingerprint density at radius 1 is 0.882 bits per heavy atom. The van der Waals surface area contributed by atoms with Crippen molar-refractivity contribution in [1.29, 1.82) is 0 Å². The molecule has 2 aromatic carbocycles. The molecule has 1 aromatic heterocycles. The van der Waals surface area contributed by atoms with Gasteiger partial charge in [0.2, 0.25) is 0 Å². The first-order valence-corrected chi connectivity index (χ1v) is 11.0. The van der Waals surface area contributed by atoms with E-state index >= 15 is 0 Å². The van der Waals surface area contributed by atoms with Crippen molar-refractivity contribution in [3.05, 3.63) is 118 Å². The molecule has 1 fully saturated rings. The van der Waals surface area contributed by atoms with Gasteiger partial charge in [0.15, 0.2) is 5.60 Å². The number of ether oxygens (including phenoxy) is 3. The van der Waals surface area contributed by atoms with Crippen LogP contribution in [0.1, 0.15) is 28.7 Å². The third kappa shape index (κ3) is 3.61. The van der Waals surface area contributed by atoms with Crippen LogP contribution in [0.25, 0.3) is 6.08 Å². The monoisotopic (exact) mass is 456 g/mol. The third-order valence-electron chi connectivity index (χ3n) is 6.60. The summed E-state index contributed by atoms with van der Waals surface area (Å²) >= 11 is 0. The van der Waals surface area contributed by atoms with E-state index in [0.717, 1.165) is 11.1 Å². The second-order valence-corrected chi connectivity index (χ2v) is 8.38. The van der Waals surface area contributed by atoms with Crippen LogP contribution in [0.15, 0.2) is 99.9 Å². The fourth-order valence-corrected chi connectivity index (χ4v) is 5.19. The van der Waals surface area contributed by atoms with Crippen LogP contribution in [0.2, 0.25) is 0 Å². The fourth-order valence-electron chi connectivity index (χ4n) is 5.19. The van der Waals surface area contributed by atoms with Gasteiger partial charge >= 0.3 is 11.6 Å². The molecule has 0 amide bonds. The number of esters is 1. The Morgan fingerprint density at radius 2 is 1.59 bits per heavy atom. The Labute approximate surface area is 197 Å². The molecular formula is C28H24O6. The molecule has 1 saturated carbocycles. The minimum absolute atomic E-state index is 0.170. The zero-order valence-electron chi connectivity index (χ0n) is 18.8. The van der Waals surface area contributed by atoms with Gasteiger partial charge in [-0.2, -0.15) is 0 Å². The third-order valence-corrected chi connectivity index (χ3v) is 6.60. The lowest BCUT2D eigenvalue weighted by Gasteiger charge is -2.59. The van der Waals surface area contributed by atoms with Crippen molar-refractivity contribution in [2.24, 2.45) is 5.92 Å². The van der Waals surface area contributed by atoms with Gasteiger partial charge in [0.05, 0.1) is 38.2 Å². The van der Waals surface area contributed by atoms with Gasteiger partial charge in [-0.3, -0.25) is 0 Å². The summed E-state index contributed by atoms with van der Waals surface area (Å²) in [5, 5.41) is 0. The number of hydrogen-bond donors (Lipinski definition) is 0. The Balaban J connectivity index is 1.72. The van der Waals surface area contributed by atoms with Crippen LogP contribution in [-0.2, 0) is 14.3 Å². The molecule has 6 heteroatoms. The molecule has 5 rings (SSSR count). The van der Waals surface area contributed by atoms with E-state index < -0.39 is 23.1 Å². The van der Waals surface area contributed by atoms with E-state index in [-0.39, 0.29) is 11.8 Å². The van der Waals surface area contributed by atoms with E-state index in [1.807, 2.05) is 72.8 Å². The molecule has 172 valence electrons. The molecule has 6 nitrogen and oxygen atoms in total. The van der Waals surface area contributed by atoms with Crippen LogP contribution >= 0.6 is 0 Å². The lowest BCUT2D eigenvalue weighted by atomic mass is 9.49. The number of carbonyl (C=O) groups is 1. The highest BCUT2D eigenvalue weighted by Gasteiger charge is 2.68. The molecule has 2 aliphatic rings. The molecule has 0 unspecified atom stereocenters. The topological polar surface area (TPSA) is 75.0 Å². The van der Waals surface area contributed by atoms with Gasteiger partial charge in [-0.1, -0.05) is 66.7 Å². The smallest absolute Gasteiger partial charge is 0.339 e. The Hall–Kier alpha value is -4.06. The van der Waals surface area contributed by atoms with Gasteiger partial charge in [0.25, 0.3) is 0 Å². The molecule has 1 aliphatic carbocycles. The molecule has 1 aliphatic heterocycles. The van der Waals surface area contributed by atoms with Gasteiger partial charge in [0, 0.05) is 12.0 Å². The van der Waals surface area contributed by atoms with Crippen molar-refractivity contribution in [3.8, 4) is 5.75 Å². The highest BCUT2D eigenvalue weighted by molar-refractivity contribution is 5.85. The van der Waals surface area contributed by atoms with E-state index in [2.05, 4.69) is 0 Å². The van der Waals surface area contributed by atoms with E-state index in [4.69, 9.17) is 18.6 Å². The van der Waals surface area contributed by atoms with Crippen LogP contribution in [0.3, 0.4) is 0 Å². The lowest BCUT2D eigenvalue weighted by Crippen LogP contribution is -2.63. The van der Waals surface area contributed by atoms with E-state index in [0.29, 0.717) is 17.3 Å². The Bertz CT molecular complexity index is 1310. The summed E-state index contributed by atoms with van der Waals surface area (Å²) in [4.78, 5) is 25.1. The van der Waals surface area contributed by atoms with Crippen molar-refractivity contribution in [3.63, 3.8) is 0 Å². The number of rotatable bonds is 6. The summed E-state index contributed by atoms with van der Waals surface area (Å²) < 4.78 is 22.8. The maximum absolute atomic E-state index is 12.7. The number of carbonyl (C=O) groups excluding carboxylic acids is 1. The number of benzene rings is 2. The molecule has 0 bridgehead atoms. The predicted octanol–water partition coefficient (Wildman–Crippen LogP) is 4.68. The fraction of sp³-hybridized carbons (Fsp3) is 0.214. The van der Waals surface area contributed by atoms with Gasteiger partial charge in [0.1, 0.15) is 17.3 Å². The van der Waals surface area contributed by atoms with Crippen LogP contribution < -0.4 is 10.4 Å². The zero-order valence-corrected chi connectivity index (χ0v) is 18.8. The Kier molecular flexibility index (Phi) is 5.57. The molecule has 0 saturated heterocycles. The summed E-state index contributed by atoms with van der Waals surface area (Å²) in [7, 11) is 3.05. The minimum atomic E-state index is -1.12. The van der Waals surface area contributed by atoms with Crippen LogP contribution in [0.5, 0.6) is 5.75 Å².